The third-order valence-electron chi connectivity index (χ3n) is 3.24. The maximum atomic E-state index is 9.61. The van der Waals surface area contributed by atoms with Crippen molar-refractivity contribution in [3.05, 3.63) is 28.8 Å². The van der Waals surface area contributed by atoms with E-state index in [0.717, 1.165) is 6.42 Å². The third-order valence-corrected chi connectivity index (χ3v) is 3.24. The van der Waals surface area contributed by atoms with Crippen molar-refractivity contribution >= 4 is 0 Å². The average molecular weight is 190 g/mol. The maximum Gasteiger partial charge on any atom is 0.116 e. The molecule has 1 N–H and O–H groups in total. The number of fused-ring (bicyclic) bond motifs is 1. The molecule has 0 bridgehead atoms. The number of hydrogen-bond donors (Lipinski definition) is 1. The van der Waals surface area contributed by atoms with Gasteiger partial charge in [0.05, 0.1) is 0 Å². The fourth-order valence-electron chi connectivity index (χ4n) is 2.52. The van der Waals surface area contributed by atoms with Crippen LogP contribution in [-0.4, -0.2) is 5.11 Å². The third kappa shape index (κ3) is 1.41. The molecule has 1 aromatic carbocycles. The predicted octanol–water partition coefficient (Wildman–Crippen LogP) is 3.57. The summed E-state index contributed by atoms with van der Waals surface area (Å²) in [5.41, 5.74) is 4.20. The maximum absolute atomic E-state index is 9.61. The first kappa shape index (κ1) is 9.57. The van der Waals surface area contributed by atoms with Gasteiger partial charge in [-0.15, -0.1) is 0 Å². The normalized spacial score (nSPS) is 20.1. The van der Waals surface area contributed by atoms with Gasteiger partial charge in [0.1, 0.15) is 5.75 Å². The van der Waals surface area contributed by atoms with E-state index in [-0.39, 0.29) is 0 Å². The van der Waals surface area contributed by atoms with Crippen molar-refractivity contribution in [3.8, 4) is 5.75 Å². The van der Waals surface area contributed by atoms with Gasteiger partial charge in [0.25, 0.3) is 0 Å². The molecule has 0 aromatic heterocycles. The minimum Gasteiger partial charge on any atom is -0.508 e. The molecular weight excluding hydrogens is 172 g/mol. The molecule has 76 valence electrons. The van der Waals surface area contributed by atoms with Gasteiger partial charge in [0.15, 0.2) is 0 Å². The summed E-state index contributed by atoms with van der Waals surface area (Å²) in [4.78, 5) is 0. The molecule has 0 amide bonds. The monoisotopic (exact) mass is 190 g/mol. The number of benzene rings is 1. The molecule has 1 aliphatic rings. The number of aryl methyl sites for hydroxylation is 1. The quantitative estimate of drug-likeness (QED) is 0.717. The fraction of sp³-hybridized carbons (Fsp3) is 0.538. The number of rotatable bonds is 1. The molecule has 0 saturated heterocycles. The van der Waals surface area contributed by atoms with E-state index in [1.54, 1.807) is 0 Å². The molecule has 0 heterocycles. The lowest BCUT2D eigenvalue weighted by Crippen LogP contribution is -1.98. The van der Waals surface area contributed by atoms with E-state index in [9.17, 15) is 5.11 Å². The zero-order valence-electron chi connectivity index (χ0n) is 9.17. The molecule has 0 aliphatic heterocycles. The zero-order chi connectivity index (χ0) is 10.3. The van der Waals surface area contributed by atoms with Crippen molar-refractivity contribution < 1.29 is 5.11 Å². The molecular formula is C13H18O. The molecule has 1 aromatic rings. The van der Waals surface area contributed by atoms with Gasteiger partial charge < -0.3 is 5.11 Å². The van der Waals surface area contributed by atoms with Crippen LogP contribution in [0.3, 0.4) is 0 Å². The van der Waals surface area contributed by atoms with E-state index >= 15 is 0 Å². The Labute approximate surface area is 85.8 Å². The highest BCUT2D eigenvalue weighted by Gasteiger charge is 2.23. The topological polar surface area (TPSA) is 20.2 Å². The van der Waals surface area contributed by atoms with E-state index < -0.39 is 0 Å². The van der Waals surface area contributed by atoms with Crippen LogP contribution in [0.4, 0.5) is 0 Å². The van der Waals surface area contributed by atoms with Gasteiger partial charge in [-0.1, -0.05) is 20.8 Å². The first-order valence-electron chi connectivity index (χ1n) is 5.45. The van der Waals surface area contributed by atoms with Crippen molar-refractivity contribution in [2.24, 2.45) is 0 Å². The zero-order valence-corrected chi connectivity index (χ0v) is 9.17. The summed E-state index contributed by atoms with van der Waals surface area (Å²) in [7, 11) is 0. The molecule has 2 rings (SSSR count). The van der Waals surface area contributed by atoms with Crippen LogP contribution in [0.5, 0.6) is 5.75 Å². The summed E-state index contributed by atoms with van der Waals surface area (Å²) in [5, 5.41) is 9.61. The van der Waals surface area contributed by atoms with Crippen LogP contribution in [0, 0.1) is 0 Å². The van der Waals surface area contributed by atoms with E-state index in [1.165, 1.54) is 23.1 Å². The van der Waals surface area contributed by atoms with Crippen LogP contribution in [-0.2, 0) is 6.42 Å². The summed E-state index contributed by atoms with van der Waals surface area (Å²) in [5.74, 6) is 1.61. The smallest absolute Gasteiger partial charge is 0.116 e. The molecule has 0 unspecified atom stereocenters. The standard InChI is InChI=1S/C13H18O/c1-8(2)12-7-11(14)6-10-5-4-9(3)13(10)12/h6-9,14H,4-5H2,1-3H3/t9-/m0/s1. The van der Waals surface area contributed by atoms with Gasteiger partial charge in [-0.2, -0.15) is 0 Å². The Bertz CT molecular complexity index is 352. The molecule has 1 atom stereocenters. The molecule has 1 heteroatoms. The van der Waals surface area contributed by atoms with E-state index in [1.807, 2.05) is 12.1 Å². The minimum absolute atomic E-state index is 0.432. The second-order valence-corrected chi connectivity index (χ2v) is 4.70. The van der Waals surface area contributed by atoms with Crippen LogP contribution >= 0.6 is 0 Å². The largest absolute Gasteiger partial charge is 0.508 e. The molecule has 0 radical (unpaired) electrons. The van der Waals surface area contributed by atoms with Crippen molar-refractivity contribution in [2.45, 2.75) is 45.4 Å². The van der Waals surface area contributed by atoms with Gasteiger partial charge >= 0.3 is 0 Å². The summed E-state index contributed by atoms with van der Waals surface area (Å²) in [6, 6.07) is 3.87. The lowest BCUT2D eigenvalue weighted by atomic mass is 9.90. The van der Waals surface area contributed by atoms with E-state index in [4.69, 9.17) is 0 Å². The van der Waals surface area contributed by atoms with Gasteiger partial charge in [-0.05, 0) is 53.5 Å². The average Bonchev–Trinajstić information content (AvgIpc) is 2.46. The Morgan fingerprint density at radius 3 is 2.71 bits per heavy atom. The van der Waals surface area contributed by atoms with Gasteiger partial charge in [-0.3, -0.25) is 0 Å². The molecule has 1 aliphatic carbocycles. The number of phenolic OH excluding ortho intramolecular Hbond substituents is 1. The molecule has 0 fully saturated rings. The Morgan fingerprint density at radius 2 is 2.07 bits per heavy atom. The Kier molecular flexibility index (Phi) is 2.26. The van der Waals surface area contributed by atoms with Crippen LogP contribution in [0.25, 0.3) is 0 Å². The molecule has 0 spiro atoms. The number of hydrogen-bond acceptors (Lipinski definition) is 1. The lowest BCUT2D eigenvalue weighted by molar-refractivity contribution is 0.473. The minimum atomic E-state index is 0.432. The molecule has 0 saturated carbocycles. The second kappa shape index (κ2) is 3.30. The summed E-state index contributed by atoms with van der Waals surface area (Å²) < 4.78 is 0. The Balaban J connectivity index is 2.59. The molecule has 1 nitrogen and oxygen atoms in total. The summed E-state index contributed by atoms with van der Waals surface area (Å²) in [6.45, 7) is 6.68. The van der Waals surface area contributed by atoms with Crippen LogP contribution < -0.4 is 0 Å². The lowest BCUT2D eigenvalue weighted by Gasteiger charge is -2.15. The van der Waals surface area contributed by atoms with Gasteiger partial charge in [-0.25, -0.2) is 0 Å². The van der Waals surface area contributed by atoms with Crippen molar-refractivity contribution in [3.63, 3.8) is 0 Å². The number of phenols is 1. The predicted molar refractivity (Wildman–Crippen MR) is 58.9 cm³/mol. The molecule has 14 heavy (non-hydrogen) atoms. The summed E-state index contributed by atoms with van der Waals surface area (Å²) in [6.07, 6.45) is 2.36. The second-order valence-electron chi connectivity index (χ2n) is 4.70. The van der Waals surface area contributed by atoms with Crippen molar-refractivity contribution in [1.29, 1.82) is 0 Å². The summed E-state index contributed by atoms with van der Waals surface area (Å²) >= 11 is 0. The highest BCUT2D eigenvalue weighted by molar-refractivity contribution is 5.47. The van der Waals surface area contributed by atoms with E-state index in [0.29, 0.717) is 17.6 Å². The fourth-order valence-corrected chi connectivity index (χ4v) is 2.52. The number of aromatic hydroxyl groups is 1. The first-order valence-corrected chi connectivity index (χ1v) is 5.45. The Hall–Kier alpha value is -0.980. The van der Waals surface area contributed by atoms with Crippen LogP contribution in [0.1, 0.15) is 55.7 Å². The first-order chi connectivity index (χ1) is 6.59. The van der Waals surface area contributed by atoms with Crippen molar-refractivity contribution in [1.82, 2.24) is 0 Å². The van der Waals surface area contributed by atoms with Crippen LogP contribution in [0.15, 0.2) is 12.1 Å². The van der Waals surface area contributed by atoms with Gasteiger partial charge in [0.2, 0.25) is 0 Å². The van der Waals surface area contributed by atoms with Gasteiger partial charge in [0, 0.05) is 0 Å². The Morgan fingerprint density at radius 1 is 1.36 bits per heavy atom. The van der Waals surface area contributed by atoms with Crippen molar-refractivity contribution in [2.75, 3.05) is 0 Å². The highest BCUT2D eigenvalue weighted by atomic mass is 16.3. The SMILES string of the molecule is CC(C)c1cc(O)cc2c1[C@@H](C)CC2. The highest BCUT2D eigenvalue weighted by Crippen LogP contribution is 2.40. The van der Waals surface area contributed by atoms with E-state index in [2.05, 4.69) is 20.8 Å². The van der Waals surface area contributed by atoms with Crippen LogP contribution in [0.2, 0.25) is 0 Å².